The summed E-state index contributed by atoms with van der Waals surface area (Å²) in [5, 5.41) is 0. The molecule has 2 nitrogen and oxygen atoms in total. The number of ether oxygens (including phenoxy) is 1. The molecule has 0 radical (unpaired) electrons. The second-order valence-corrected chi connectivity index (χ2v) is 5.53. The summed E-state index contributed by atoms with van der Waals surface area (Å²) in [5.74, 6) is 0. The molecule has 0 unspecified atom stereocenters. The average molecular weight is 279 g/mol. The third-order valence-corrected chi connectivity index (χ3v) is 4.15. The van der Waals surface area contributed by atoms with Gasteiger partial charge in [0.05, 0.1) is 0 Å². The highest BCUT2D eigenvalue weighted by Gasteiger charge is 2.36. The number of rotatable bonds is 3. The van der Waals surface area contributed by atoms with Gasteiger partial charge in [0.15, 0.2) is 0 Å². The van der Waals surface area contributed by atoms with Gasteiger partial charge in [-0.25, -0.2) is 0 Å². The van der Waals surface area contributed by atoms with Crippen LogP contribution in [-0.2, 0) is 4.74 Å². The third-order valence-electron chi connectivity index (χ3n) is 4.15. The Hall–Kier alpha value is -1.90. The number of benzene rings is 2. The number of hydrogen-bond donors (Lipinski definition) is 0. The molecule has 0 N–H and O–H groups in total. The van der Waals surface area contributed by atoms with Gasteiger partial charge in [0.1, 0.15) is 12.3 Å². The predicted octanol–water partition coefficient (Wildman–Crippen LogP) is 4.12. The van der Waals surface area contributed by atoms with Crippen molar-refractivity contribution < 1.29 is 4.74 Å². The van der Waals surface area contributed by atoms with Crippen molar-refractivity contribution in [3.63, 3.8) is 0 Å². The molecule has 1 fully saturated rings. The summed E-state index contributed by atoms with van der Waals surface area (Å²) in [5.41, 5.74) is 2.44. The van der Waals surface area contributed by atoms with Gasteiger partial charge in [0.2, 0.25) is 0 Å². The number of hydrogen-bond acceptors (Lipinski definition) is 2. The van der Waals surface area contributed by atoms with Gasteiger partial charge in [-0.05, 0) is 31.2 Å². The zero-order valence-corrected chi connectivity index (χ0v) is 12.5. The maximum atomic E-state index is 6.23. The fraction of sp³-hybridized carbons (Fsp3) is 0.263. The van der Waals surface area contributed by atoms with Gasteiger partial charge < -0.3 is 4.74 Å². The summed E-state index contributed by atoms with van der Waals surface area (Å²) >= 11 is 0. The summed E-state index contributed by atoms with van der Waals surface area (Å²) < 4.78 is 6.23. The van der Waals surface area contributed by atoms with Gasteiger partial charge >= 0.3 is 0 Å². The highest BCUT2D eigenvalue weighted by atomic mass is 16.5. The van der Waals surface area contributed by atoms with Crippen molar-refractivity contribution in [2.45, 2.75) is 25.3 Å². The molecule has 0 aliphatic carbocycles. The van der Waals surface area contributed by atoms with Crippen LogP contribution in [0.3, 0.4) is 0 Å². The van der Waals surface area contributed by atoms with Crippen molar-refractivity contribution in [3.05, 3.63) is 77.9 Å². The van der Waals surface area contributed by atoms with Crippen LogP contribution in [0.25, 0.3) is 6.08 Å². The standard InChI is InChI=1S/C19H21NO/c1-15-19(17-11-7-4-8-12-17)21-18(20(15)2)14-13-16-9-5-3-6-10-16/h3-15,18-19H,1-2H3/b14-13+/t15-,18-,19+/m1/s1. The van der Waals surface area contributed by atoms with Crippen LogP contribution in [0.4, 0.5) is 0 Å². The van der Waals surface area contributed by atoms with Crippen molar-refractivity contribution in [1.82, 2.24) is 4.90 Å². The van der Waals surface area contributed by atoms with Gasteiger partial charge in [-0.15, -0.1) is 0 Å². The summed E-state index contributed by atoms with van der Waals surface area (Å²) in [6, 6.07) is 21.1. The first kappa shape index (κ1) is 14.1. The first-order chi connectivity index (χ1) is 10.3. The zero-order valence-electron chi connectivity index (χ0n) is 12.5. The Labute approximate surface area is 126 Å². The lowest BCUT2D eigenvalue weighted by atomic mass is 10.0. The molecule has 21 heavy (non-hydrogen) atoms. The van der Waals surface area contributed by atoms with E-state index >= 15 is 0 Å². The van der Waals surface area contributed by atoms with Crippen molar-refractivity contribution in [1.29, 1.82) is 0 Å². The van der Waals surface area contributed by atoms with E-state index in [2.05, 4.69) is 67.4 Å². The Morgan fingerprint density at radius 1 is 0.952 bits per heavy atom. The van der Waals surface area contributed by atoms with E-state index in [1.54, 1.807) is 0 Å². The van der Waals surface area contributed by atoms with Gasteiger partial charge in [0.25, 0.3) is 0 Å². The molecular formula is C19H21NO. The highest BCUT2D eigenvalue weighted by molar-refractivity contribution is 5.49. The maximum Gasteiger partial charge on any atom is 0.131 e. The molecule has 1 aliphatic rings. The minimum atomic E-state index is 0.0189. The average Bonchev–Trinajstić information content (AvgIpc) is 2.83. The fourth-order valence-electron chi connectivity index (χ4n) is 2.74. The predicted molar refractivity (Wildman–Crippen MR) is 86.8 cm³/mol. The molecule has 3 atom stereocenters. The second kappa shape index (κ2) is 6.25. The van der Waals surface area contributed by atoms with Crippen molar-refractivity contribution in [2.24, 2.45) is 0 Å². The van der Waals surface area contributed by atoms with Crippen LogP contribution in [0.2, 0.25) is 0 Å². The van der Waals surface area contributed by atoms with Crippen LogP contribution in [0.15, 0.2) is 66.7 Å². The van der Waals surface area contributed by atoms with E-state index in [0.29, 0.717) is 6.04 Å². The normalized spacial score (nSPS) is 26.5. The van der Waals surface area contributed by atoms with Crippen molar-refractivity contribution in [3.8, 4) is 0 Å². The van der Waals surface area contributed by atoms with Crippen LogP contribution in [-0.4, -0.2) is 24.2 Å². The van der Waals surface area contributed by atoms with Gasteiger partial charge in [-0.1, -0.05) is 66.7 Å². The Bertz CT molecular complexity index is 593. The van der Waals surface area contributed by atoms with Crippen LogP contribution < -0.4 is 0 Å². The zero-order chi connectivity index (χ0) is 14.7. The summed E-state index contributed by atoms with van der Waals surface area (Å²) in [6.07, 6.45) is 4.41. The first-order valence-corrected chi connectivity index (χ1v) is 7.41. The fourth-order valence-corrected chi connectivity index (χ4v) is 2.74. The SMILES string of the molecule is C[C@@H]1[C@@H](c2ccccc2)O[C@H](/C=C/c2ccccc2)N1C. The largest absolute Gasteiger partial charge is 0.350 e. The lowest BCUT2D eigenvalue weighted by molar-refractivity contribution is 0.0412. The molecule has 0 spiro atoms. The molecule has 1 saturated heterocycles. The van der Waals surface area contributed by atoms with Crippen LogP contribution in [0, 0.1) is 0 Å². The van der Waals surface area contributed by atoms with Gasteiger partial charge in [-0.2, -0.15) is 0 Å². The first-order valence-electron chi connectivity index (χ1n) is 7.41. The Morgan fingerprint density at radius 3 is 2.24 bits per heavy atom. The molecule has 0 aromatic heterocycles. The van der Waals surface area contributed by atoms with E-state index in [4.69, 9.17) is 4.74 Å². The van der Waals surface area contributed by atoms with E-state index < -0.39 is 0 Å². The summed E-state index contributed by atoms with van der Waals surface area (Å²) in [6.45, 7) is 2.22. The molecule has 0 saturated carbocycles. The Balaban J connectivity index is 1.75. The smallest absolute Gasteiger partial charge is 0.131 e. The molecule has 0 bridgehead atoms. The minimum absolute atomic E-state index is 0.0189. The van der Waals surface area contributed by atoms with Gasteiger partial charge in [-0.3, -0.25) is 4.90 Å². The Kier molecular flexibility index (Phi) is 4.18. The Morgan fingerprint density at radius 2 is 1.57 bits per heavy atom. The molecule has 0 amide bonds. The van der Waals surface area contributed by atoms with Crippen LogP contribution in [0.1, 0.15) is 24.2 Å². The maximum absolute atomic E-state index is 6.23. The third kappa shape index (κ3) is 3.07. The van der Waals surface area contributed by atoms with E-state index in [1.807, 2.05) is 24.3 Å². The second-order valence-electron chi connectivity index (χ2n) is 5.53. The van der Waals surface area contributed by atoms with Crippen LogP contribution >= 0.6 is 0 Å². The van der Waals surface area contributed by atoms with Crippen molar-refractivity contribution in [2.75, 3.05) is 7.05 Å². The minimum Gasteiger partial charge on any atom is -0.350 e. The topological polar surface area (TPSA) is 12.5 Å². The molecular weight excluding hydrogens is 258 g/mol. The summed E-state index contributed by atoms with van der Waals surface area (Å²) in [4.78, 5) is 2.27. The lowest BCUT2D eigenvalue weighted by Crippen LogP contribution is -2.30. The lowest BCUT2D eigenvalue weighted by Gasteiger charge is -2.19. The van der Waals surface area contributed by atoms with E-state index in [-0.39, 0.29) is 12.3 Å². The molecule has 108 valence electrons. The number of likely N-dealkylation sites (N-methyl/N-ethyl adjacent to an activating group) is 1. The highest BCUT2D eigenvalue weighted by Crippen LogP contribution is 2.34. The number of nitrogens with zero attached hydrogens (tertiary/aromatic N) is 1. The molecule has 2 aromatic rings. The van der Waals surface area contributed by atoms with Crippen molar-refractivity contribution >= 4 is 6.08 Å². The molecule has 3 rings (SSSR count). The monoisotopic (exact) mass is 279 g/mol. The molecule has 1 heterocycles. The quantitative estimate of drug-likeness (QED) is 0.838. The van der Waals surface area contributed by atoms with E-state index in [0.717, 1.165) is 0 Å². The molecule has 2 heteroatoms. The molecule has 1 aliphatic heterocycles. The van der Waals surface area contributed by atoms with E-state index in [9.17, 15) is 0 Å². The summed E-state index contributed by atoms with van der Waals surface area (Å²) in [7, 11) is 2.12. The van der Waals surface area contributed by atoms with Gasteiger partial charge in [0, 0.05) is 6.04 Å². The van der Waals surface area contributed by atoms with Crippen LogP contribution in [0.5, 0.6) is 0 Å². The molecule has 2 aromatic carbocycles. The van der Waals surface area contributed by atoms with E-state index in [1.165, 1.54) is 11.1 Å².